The van der Waals surface area contributed by atoms with E-state index in [1.807, 2.05) is 12.3 Å². The van der Waals surface area contributed by atoms with Crippen molar-refractivity contribution in [1.29, 1.82) is 0 Å². The molecule has 0 aliphatic carbocycles. The lowest BCUT2D eigenvalue weighted by Crippen LogP contribution is -2.27. The Balaban J connectivity index is 2.02. The van der Waals surface area contributed by atoms with E-state index in [9.17, 15) is 13.6 Å². The predicted molar refractivity (Wildman–Crippen MR) is 73.6 cm³/mol. The average Bonchev–Trinajstić information content (AvgIpc) is 2.95. The van der Waals surface area contributed by atoms with Crippen molar-refractivity contribution in [1.82, 2.24) is 10.3 Å². The van der Waals surface area contributed by atoms with Gasteiger partial charge in [-0.05, 0) is 12.1 Å². The topological polar surface area (TPSA) is 68.0 Å². The summed E-state index contributed by atoms with van der Waals surface area (Å²) in [5, 5.41) is 5.35. The molecule has 1 heterocycles. The highest BCUT2D eigenvalue weighted by Gasteiger charge is 2.15. The van der Waals surface area contributed by atoms with Crippen LogP contribution in [0.15, 0.2) is 23.7 Å². The summed E-state index contributed by atoms with van der Waals surface area (Å²) in [7, 11) is 0. The van der Waals surface area contributed by atoms with Gasteiger partial charge in [0, 0.05) is 29.6 Å². The van der Waals surface area contributed by atoms with Crippen molar-refractivity contribution in [2.45, 2.75) is 12.8 Å². The van der Waals surface area contributed by atoms with Crippen LogP contribution >= 0.6 is 11.3 Å². The van der Waals surface area contributed by atoms with E-state index < -0.39 is 23.2 Å². The number of amides is 1. The fourth-order valence-electron chi connectivity index (χ4n) is 1.63. The number of nitrogen functional groups attached to an aromatic ring is 1. The van der Waals surface area contributed by atoms with Gasteiger partial charge < -0.3 is 11.1 Å². The van der Waals surface area contributed by atoms with E-state index in [1.165, 1.54) is 11.3 Å². The zero-order chi connectivity index (χ0) is 14.7. The van der Waals surface area contributed by atoms with Crippen molar-refractivity contribution in [2.75, 3.05) is 12.3 Å². The molecule has 0 bridgehead atoms. The lowest BCUT2D eigenvalue weighted by atomic mass is 10.1. The van der Waals surface area contributed by atoms with E-state index in [4.69, 9.17) is 5.73 Å². The third kappa shape index (κ3) is 3.11. The smallest absolute Gasteiger partial charge is 0.251 e. The first-order valence-electron chi connectivity index (χ1n) is 5.91. The van der Waals surface area contributed by atoms with E-state index >= 15 is 0 Å². The van der Waals surface area contributed by atoms with E-state index in [1.54, 1.807) is 6.20 Å². The Morgan fingerprint density at radius 1 is 1.45 bits per heavy atom. The number of carbonyl (C=O) groups excluding carboxylic acids is 1. The minimum atomic E-state index is -0.942. The fourth-order valence-corrected chi connectivity index (χ4v) is 2.33. The zero-order valence-electron chi connectivity index (χ0n) is 10.7. The first-order valence-corrected chi connectivity index (χ1v) is 6.79. The van der Waals surface area contributed by atoms with Gasteiger partial charge in [-0.1, -0.05) is 6.92 Å². The molecule has 0 aliphatic rings. The van der Waals surface area contributed by atoms with Gasteiger partial charge in [0.15, 0.2) is 0 Å². The van der Waals surface area contributed by atoms with E-state index in [2.05, 4.69) is 10.3 Å². The maximum atomic E-state index is 13.3. The molecule has 1 atom stereocenters. The van der Waals surface area contributed by atoms with Gasteiger partial charge in [0.2, 0.25) is 0 Å². The van der Waals surface area contributed by atoms with Crippen LogP contribution in [-0.4, -0.2) is 17.4 Å². The molecule has 0 fully saturated rings. The molecule has 20 heavy (non-hydrogen) atoms. The lowest BCUT2D eigenvalue weighted by molar-refractivity contribution is 0.0951. The summed E-state index contributed by atoms with van der Waals surface area (Å²) >= 11 is 1.49. The largest absolute Gasteiger partial charge is 0.394 e. The highest BCUT2D eigenvalue weighted by molar-refractivity contribution is 7.09. The van der Waals surface area contributed by atoms with Crippen molar-refractivity contribution in [3.8, 4) is 0 Å². The predicted octanol–water partition coefficient (Wildman–Crippen LogP) is 2.54. The summed E-state index contributed by atoms with van der Waals surface area (Å²) in [5.74, 6) is -2.40. The van der Waals surface area contributed by atoms with Gasteiger partial charge in [-0.3, -0.25) is 4.79 Å². The number of nitrogens with one attached hydrogen (secondary N) is 1. The van der Waals surface area contributed by atoms with Crippen LogP contribution in [0.5, 0.6) is 0 Å². The second kappa shape index (κ2) is 5.96. The molecule has 1 unspecified atom stereocenters. The molecule has 1 amide bonds. The first-order chi connectivity index (χ1) is 9.49. The Morgan fingerprint density at radius 3 is 2.65 bits per heavy atom. The van der Waals surface area contributed by atoms with Gasteiger partial charge in [0.25, 0.3) is 5.91 Å². The Kier molecular flexibility index (Phi) is 4.29. The standard InChI is InChI=1S/C13H13F2N3OS/c1-7(13-17-2-3-20-13)6-18-12(19)8-4-9(14)11(16)10(15)5-8/h2-5,7H,6,16H2,1H3,(H,18,19). The van der Waals surface area contributed by atoms with Crippen LogP contribution in [0, 0.1) is 11.6 Å². The fraction of sp³-hybridized carbons (Fsp3) is 0.231. The first kappa shape index (κ1) is 14.4. The molecule has 2 rings (SSSR count). The summed E-state index contributed by atoms with van der Waals surface area (Å²) in [6.45, 7) is 2.24. The number of aromatic nitrogens is 1. The summed E-state index contributed by atoms with van der Waals surface area (Å²) in [6.07, 6.45) is 1.68. The number of anilines is 1. The van der Waals surface area contributed by atoms with Gasteiger partial charge in [-0.2, -0.15) is 0 Å². The summed E-state index contributed by atoms with van der Waals surface area (Å²) in [6, 6.07) is 1.84. The number of halogens is 2. The van der Waals surface area contributed by atoms with Gasteiger partial charge in [-0.15, -0.1) is 11.3 Å². The third-order valence-electron chi connectivity index (χ3n) is 2.78. The molecule has 0 spiro atoms. The van der Waals surface area contributed by atoms with E-state index in [-0.39, 0.29) is 11.5 Å². The van der Waals surface area contributed by atoms with Crippen molar-refractivity contribution >= 4 is 22.9 Å². The maximum Gasteiger partial charge on any atom is 0.251 e. The number of benzene rings is 1. The molecule has 0 saturated heterocycles. The molecule has 106 valence electrons. The highest BCUT2D eigenvalue weighted by Crippen LogP contribution is 2.18. The minimum Gasteiger partial charge on any atom is -0.394 e. The minimum absolute atomic E-state index is 0.0300. The summed E-state index contributed by atoms with van der Waals surface area (Å²) < 4.78 is 26.5. The maximum absolute atomic E-state index is 13.3. The quantitative estimate of drug-likeness (QED) is 0.852. The summed E-state index contributed by atoms with van der Waals surface area (Å²) in [5.41, 5.74) is 4.47. The Labute approximate surface area is 118 Å². The van der Waals surface area contributed by atoms with Crippen LogP contribution in [0.2, 0.25) is 0 Å². The second-order valence-electron chi connectivity index (χ2n) is 4.33. The molecular formula is C13H13F2N3OS. The molecule has 2 aromatic rings. The monoisotopic (exact) mass is 297 g/mol. The van der Waals surface area contributed by atoms with Crippen LogP contribution in [-0.2, 0) is 0 Å². The van der Waals surface area contributed by atoms with Gasteiger partial charge >= 0.3 is 0 Å². The second-order valence-corrected chi connectivity index (χ2v) is 5.26. The molecule has 1 aromatic heterocycles. The molecular weight excluding hydrogens is 284 g/mol. The number of hydrogen-bond acceptors (Lipinski definition) is 4. The molecule has 4 nitrogen and oxygen atoms in total. The summed E-state index contributed by atoms with van der Waals surface area (Å²) in [4.78, 5) is 16.0. The van der Waals surface area contributed by atoms with Gasteiger partial charge in [-0.25, -0.2) is 13.8 Å². The Hall–Kier alpha value is -2.02. The highest BCUT2D eigenvalue weighted by atomic mass is 32.1. The number of nitrogens with zero attached hydrogens (tertiary/aromatic N) is 1. The molecule has 1 aromatic carbocycles. The van der Waals surface area contributed by atoms with Crippen molar-refractivity contribution in [2.24, 2.45) is 0 Å². The average molecular weight is 297 g/mol. The molecule has 7 heteroatoms. The number of rotatable bonds is 4. The van der Waals surface area contributed by atoms with E-state index in [0.29, 0.717) is 6.54 Å². The molecule has 0 aliphatic heterocycles. The van der Waals surface area contributed by atoms with Crippen LogP contribution < -0.4 is 11.1 Å². The van der Waals surface area contributed by atoms with Crippen molar-refractivity contribution in [3.05, 3.63) is 45.9 Å². The molecule has 3 N–H and O–H groups in total. The normalized spacial score (nSPS) is 12.2. The third-order valence-corrected chi connectivity index (χ3v) is 3.79. The van der Waals surface area contributed by atoms with Crippen molar-refractivity contribution < 1.29 is 13.6 Å². The molecule has 0 saturated carbocycles. The van der Waals surface area contributed by atoms with Gasteiger partial charge in [0.1, 0.15) is 17.3 Å². The Morgan fingerprint density at radius 2 is 2.10 bits per heavy atom. The lowest BCUT2D eigenvalue weighted by Gasteiger charge is -2.10. The van der Waals surface area contributed by atoms with Gasteiger partial charge in [0.05, 0.1) is 5.01 Å². The zero-order valence-corrected chi connectivity index (χ0v) is 11.5. The number of thiazole rings is 1. The number of nitrogens with two attached hydrogens (primary N) is 1. The number of carbonyl (C=O) groups is 1. The SMILES string of the molecule is CC(CNC(=O)c1cc(F)c(N)c(F)c1)c1nccs1. The van der Waals surface area contributed by atoms with E-state index in [0.717, 1.165) is 17.1 Å². The van der Waals surface area contributed by atoms with Crippen LogP contribution in [0.1, 0.15) is 28.2 Å². The van der Waals surface area contributed by atoms with Crippen LogP contribution in [0.25, 0.3) is 0 Å². The van der Waals surface area contributed by atoms with Crippen molar-refractivity contribution in [3.63, 3.8) is 0 Å². The Bertz CT molecular complexity index is 593. The number of hydrogen-bond donors (Lipinski definition) is 2. The molecule has 0 radical (unpaired) electrons. The van der Waals surface area contributed by atoms with Crippen LogP contribution in [0.3, 0.4) is 0 Å². The van der Waals surface area contributed by atoms with Crippen LogP contribution in [0.4, 0.5) is 14.5 Å².